The van der Waals surface area contributed by atoms with Gasteiger partial charge in [-0.15, -0.1) is 0 Å². The van der Waals surface area contributed by atoms with Crippen LogP contribution in [0.4, 0.5) is 0 Å². The largest absolute Gasteiger partial charge is 0.308 e. The molecule has 0 aliphatic carbocycles. The van der Waals surface area contributed by atoms with Gasteiger partial charge >= 0.3 is 0 Å². The van der Waals surface area contributed by atoms with Gasteiger partial charge in [-0.25, -0.2) is 0 Å². The van der Waals surface area contributed by atoms with E-state index in [-0.39, 0.29) is 5.54 Å². The fourth-order valence-electron chi connectivity index (χ4n) is 2.06. The topological polar surface area (TPSA) is 28.2 Å². The molecule has 102 valence electrons. The molecule has 1 rings (SSSR count). The highest BCUT2D eigenvalue weighted by Crippen LogP contribution is 2.29. The van der Waals surface area contributed by atoms with Crippen LogP contribution in [0, 0.1) is 6.92 Å². The molecule has 0 saturated heterocycles. The molecule has 1 aromatic heterocycles. The van der Waals surface area contributed by atoms with Crippen LogP contribution in [0.1, 0.15) is 44.4 Å². The molecule has 1 heterocycles. The Balaban J connectivity index is 3.05. The SMILES string of the molecule is CCCNC(c1cncc(C)c1)C(C)(C)N(C)C. The van der Waals surface area contributed by atoms with Gasteiger partial charge in [0, 0.05) is 17.9 Å². The van der Waals surface area contributed by atoms with Gasteiger partial charge < -0.3 is 10.2 Å². The molecule has 0 fully saturated rings. The summed E-state index contributed by atoms with van der Waals surface area (Å²) in [6.07, 6.45) is 5.02. The highest BCUT2D eigenvalue weighted by Gasteiger charge is 2.32. The number of rotatable bonds is 6. The Morgan fingerprint density at radius 3 is 2.50 bits per heavy atom. The first-order valence-electron chi connectivity index (χ1n) is 6.72. The molecule has 1 unspecified atom stereocenters. The van der Waals surface area contributed by atoms with Crippen molar-refractivity contribution in [3.05, 3.63) is 29.6 Å². The molecule has 0 saturated carbocycles. The Labute approximate surface area is 112 Å². The van der Waals surface area contributed by atoms with Gasteiger partial charge in [0.2, 0.25) is 0 Å². The molecule has 0 aliphatic heterocycles. The van der Waals surface area contributed by atoms with Crippen molar-refractivity contribution in [3.8, 4) is 0 Å². The van der Waals surface area contributed by atoms with Crippen LogP contribution >= 0.6 is 0 Å². The second kappa shape index (κ2) is 6.30. The zero-order valence-electron chi connectivity index (χ0n) is 12.6. The summed E-state index contributed by atoms with van der Waals surface area (Å²) < 4.78 is 0. The molecular weight excluding hydrogens is 222 g/mol. The second-order valence-electron chi connectivity index (χ2n) is 5.73. The van der Waals surface area contributed by atoms with Crippen LogP contribution in [0.15, 0.2) is 18.5 Å². The molecule has 0 spiro atoms. The van der Waals surface area contributed by atoms with Crippen LogP contribution in [0.25, 0.3) is 0 Å². The number of nitrogens with zero attached hydrogens (tertiary/aromatic N) is 2. The van der Waals surface area contributed by atoms with E-state index >= 15 is 0 Å². The first-order chi connectivity index (χ1) is 8.39. The van der Waals surface area contributed by atoms with E-state index < -0.39 is 0 Å². The Bertz CT molecular complexity index is 372. The lowest BCUT2D eigenvalue weighted by molar-refractivity contribution is 0.138. The highest BCUT2D eigenvalue weighted by atomic mass is 15.2. The van der Waals surface area contributed by atoms with Crippen LogP contribution in [0.5, 0.6) is 0 Å². The van der Waals surface area contributed by atoms with Crippen LogP contribution in [0.2, 0.25) is 0 Å². The van der Waals surface area contributed by atoms with Crippen molar-refractivity contribution in [2.24, 2.45) is 0 Å². The van der Waals surface area contributed by atoms with E-state index in [0.29, 0.717) is 6.04 Å². The van der Waals surface area contributed by atoms with Crippen molar-refractivity contribution in [1.82, 2.24) is 15.2 Å². The fourth-order valence-corrected chi connectivity index (χ4v) is 2.06. The summed E-state index contributed by atoms with van der Waals surface area (Å²) in [5, 5.41) is 3.65. The van der Waals surface area contributed by atoms with Gasteiger partial charge in [-0.05, 0) is 59.0 Å². The van der Waals surface area contributed by atoms with Crippen molar-refractivity contribution in [3.63, 3.8) is 0 Å². The van der Waals surface area contributed by atoms with Crippen molar-refractivity contribution in [2.75, 3.05) is 20.6 Å². The molecule has 1 N–H and O–H groups in total. The molecule has 3 nitrogen and oxygen atoms in total. The van der Waals surface area contributed by atoms with E-state index in [4.69, 9.17) is 0 Å². The van der Waals surface area contributed by atoms with E-state index in [1.54, 1.807) is 0 Å². The third kappa shape index (κ3) is 3.53. The number of hydrogen-bond acceptors (Lipinski definition) is 3. The molecule has 0 bridgehead atoms. The maximum atomic E-state index is 4.33. The van der Waals surface area contributed by atoms with E-state index in [0.717, 1.165) is 13.0 Å². The van der Waals surface area contributed by atoms with E-state index in [1.807, 2.05) is 12.4 Å². The molecule has 0 amide bonds. The van der Waals surface area contributed by atoms with Crippen molar-refractivity contribution < 1.29 is 0 Å². The lowest BCUT2D eigenvalue weighted by Gasteiger charge is -2.41. The smallest absolute Gasteiger partial charge is 0.0516 e. The van der Waals surface area contributed by atoms with Crippen molar-refractivity contribution >= 4 is 0 Å². The molecule has 1 aromatic rings. The molecule has 0 aliphatic rings. The summed E-state index contributed by atoms with van der Waals surface area (Å²) in [4.78, 5) is 6.59. The molecule has 0 radical (unpaired) electrons. The van der Waals surface area contributed by atoms with Crippen LogP contribution in [-0.2, 0) is 0 Å². The maximum absolute atomic E-state index is 4.33. The van der Waals surface area contributed by atoms with Crippen LogP contribution < -0.4 is 5.32 Å². The standard InChI is InChI=1S/C15H27N3/c1-7-8-17-14(15(3,4)18(5)6)13-9-12(2)10-16-11-13/h9-11,14,17H,7-8H2,1-6H3. The predicted molar refractivity (Wildman–Crippen MR) is 77.8 cm³/mol. The van der Waals surface area contributed by atoms with Gasteiger partial charge in [0.25, 0.3) is 0 Å². The predicted octanol–water partition coefficient (Wildman–Crippen LogP) is 2.77. The molecule has 3 heteroatoms. The van der Waals surface area contributed by atoms with Gasteiger partial charge in [-0.1, -0.05) is 13.0 Å². The first-order valence-corrected chi connectivity index (χ1v) is 6.72. The number of nitrogens with one attached hydrogen (secondary N) is 1. The van der Waals surface area contributed by atoms with Gasteiger partial charge in [0.1, 0.15) is 0 Å². The zero-order valence-corrected chi connectivity index (χ0v) is 12.6. The first kappa shape index (κ1) is 15.1. The summed E-state index contributed by atoms with van der Waals surface area (Å²) in [5.74, 6) is 0. The number of pyridine rings is 1. The molecular formula is C15H27N3. The van der Waals surface area contributed by atoms with E-state index in [9.17, 15) is 0 Å². The number of aromatic nitrogens is 1. The number of aryl methyl sites for hydroxylation is 1. The summed E-state index contributed by atoms with van der Waals surface area (Å²) in [7, 11) is 4.26. The Morgan fingerprint density at radius 1 is 1.33 bits per heavy atom. The Hall–Kier alpha value is -0.930. The average Bonchev–Trinajstić information content (AvgIpc) is 2.29. The minimum Gasteiger partial charge on any atom is -0.308 e. The fraction of sp³-hybridized carbons (Fsp3) is 0.667. The second-order valence-corrected chi connectivity index (χ2v) is 5.73. The van der Waals surface area contributed by atoms with E-state index in [2.05, 4.69) is 63.1 Å². The maximum Gasteiger partial charge on any atom is 0.0516 e. The van der Waals surface area contributed by atoms with Crippen LogP contribution in [0.3, 0.4) is 0 Å². The van der Waals surface area contributed by atoms with E-state index in [1.165, 1.54) is 11.1 Å². The third-order valence-corrected chi connectivity index (χ3v) is 3.69. The monoisotopic (exact) mass is 249 g/mol. The lowest BCUT2D eigenvalue weighted by Crippen LogP contribution is -2.49. The quantitative estimate of drug-likeness (QED) is 0.840. The number of hydrogen-bond donors (Lipinski definition) is 1. The van der Waals surface area contributed by atoms with Gasteiger partial charge in [0.05, 0.1) is 6.04 Å². The van der Waals surface area contributed by atoms with Gasteiger partial charge in [-0.2, -0.15) is 0 Å². The molecule has 1 atom stereocenters. The average molecular weight is 249 g/mol. The number of likely N-dealkylation sites (N-methyl/N-ethyl adjacent to an activating group) is 1. The normalized spacial score (nSPS) is 13.9. The zero-order chi connectivity index (χ0) is 13.8. The summed E-state index contributed by atoms with van der Waals surface area (Å²) in [6, 6.07) is 2.52. The summed E-state index contributed by atoms with van der Waals surface area (Å²) in [5.41, 5.74) is 2.53. The Kier molecular flexibility index (Phi) is 5.29. The minimum absolute atomic E-state index is 0.0463. The van der Waals surface area contributed by atoms with Crippen molar-refractivity contribution in [2.45, 2.75) is 45.7 Å². The van der Waals surface area contributed by atoms with Crippen LogP contribution in [-0.4, -0.2) is 36.1 Å². The van der Waals surface area contributed by atoms with Gasteiger partial charge in [0.15, 0.2) is 0 Å². The Morgan fingerprint density at radius 2 is 2.00 bits per heavy atom. The third-order valence-electron chi connectivity index (χ3n) is 3.69. The van der Waals surface area contributed by atoms with Gasteiger partial charge in [-0.3, -0.25) is 4.98 Å². The summed E-state index contributed by atoms with van der Waals surface area (Å²) >= 11 is 0. The lowest BCUT2D eigenvalue weighted by atomic mass is 9.87. The molecule has 18 heavy (non-hydrogen) atoms. The molecule has 0 aromatic carbocycles. The van der Waals surface area contributed by atoms with Crippen molar-refractivity contribution in [1.29, 1.82) is 0 Å². The minimum atomic E-state index is 0.0463. The highest BCUT2D eigenvalue weighted by molar-refractivity contribution is 5.23. The summed E-state index contributed by atoms with van der Waals surface area (Å²) in [6.45, 7) is 9.85.